The van der Waals surface area contributed by atoms with Crippen molar-refractivity contribution in [3.63, 3.8) is 0 Å². The standard InChI is InChI=1S/C23H29N5OS/c1-17-25-19(16-30-17)8-9-23(29)26-21-14-28(15-22-24-11-13-27(22)2)12-10-20(21)18-6-4-3-5-7-18/h3-7,11,13,16,20-21H,8-10,12,14-15H2,1-2H3,(H,26,29)/t20-,21-/m0/s1. The summed E-state index contributed by atoms with van der Waals surface area (Å²) in [5.74, 6) is 1.48. The van der Waals surface area contributed by atoms with Gasteiger partial charge < -0.3 is 9.88 Å². The Bertz CT molecular complexity index is 967. The van der Waals surface area contributed by atoms with E-state index in [1.807, 2.05) is 37.8 Å². The Morgan fingerprint density at radius 1 is 1.30 bits per heavy atom. The number of piperidine rings is 1. The lowest BCUT2D eigenvalue weighted by atomic mass is 9.85. The van der Waals surface area contributed by atoms with E-state index >= 15 is 0 Å². The van der Waals surface area contributed by atoms with Gasteiger partial charge in [-0.25, -0.2) is 9.97 Å². The summed E-state index contributed by atoms with van der Waals surface area (Å²) in [5.41, 5.74) is 2.31. The number of nitrogens with zero attached hydrogens (tertiary/aromatic N) is 4. The Morgan fingerprint density at radius 3 is 2.83 bits per heavy atom. The fourth-order valence-corrected chi connectivity index (χ4v) is 4.85. The second-order valence-corrected chi connectivity index (χ2v) is 9.09. The summed E-state index contributed by atoms with van der Waals surface area (Å²) in [6.45, 7) is 4.62. The third-order valence-corrected chi connectivity index (χ3v) is 6.65. The molecule has 2 atom stereocenters. The normalized spacial score (nSPS) is 19.7. The van der Waals surface area contributed by atoms with E-state index in [1.54, 1.807) is 11.3 Å². The second-order valence-electron chi connectivity index (χ2n) is 8.03. The lowest BCUT2D eigenvalue weighted by molar-refractivity contribution is -0.122. The van der Waals surface area contributed by atoms with Crippen molar-refractivity contribution in [1.82, 2.24) is 24.8 Å². The van der Waals surface area contributed by atoms with Crippen LogP contribution in [0.15, 0.2) is 48.1 Å². The van der Waals surface area contributed by atoms with Gasteiger partial charge in [0.2, 0.25) is 5.91 Å². The SMILES string of the molecule is Cc1nc(CCC(=O)N[C@H]2CN(Cc3nccn3C)CC[C@H]2c2ccccc2)cs1. The fraction of sp³-hybridized carbons (Fsp3) is 0.435. The van der Waals surface area contributed by atoms with Gasteiger partial charge in [0.15, 0.2) is 0 Å². The van der Waals surface area contributed by atoms with Crippen molar-refractivity contribution in [2.24, 2.45) is 7.05 Å². The van der Waals surface area contributed by atoms with Crippen molar-refractivity contribution in [1.29, 1.82) is 0 Å². The average molecular weight is 424 g/mol. The molecule has 1 fully saturated rings. The molecule has 0 saturated carbocycles. The Hall–Kier alpha value is -2.51. The first-order chi connectivity index (χ1) is 14.6. The molecule has 1 amide bonds. The Balaban J connectivity index is 1.42. The number of carbonyl (C=O) groups is 1. The van der Waals surface area contributed by atoms with Gasteiger partial charge in [0.1, 0.15) is 5.82 Å². The van der Waals surface area contributed by atoms with E-state index in [4.69, 9.17) is 0 Å². The van der Waals surface area contributed by atoms with Crippen molar-refractivity contribution in [3.8, 4) is 0 Å². The molecule has 1 aromatic carbocycles. The number of nitrogens with one attached hydrogen (secondary N) is 1. The molecule has 0 bridgehead atoms. The van der Waals surface area contributed by atoms with Gasteiger partial charge in [-0.2, -0.15) is 0 Å². The molecular formula is C23H29N5OS. The minimum Gasteiger partial charge on any atom is -0.351 e. The molecule has 1 aliphatic heterocycles. The van der Waals surface area contributed by atoms with Gasteiger partial charge in [0.25, 0.3) is 0 Å². The van der Waals surface area contributed by atoms with Gasteiger partial charge in [-0.3, -0.25) is 9.69 Å². The predicted molar refractivity (Wildman–Crippen MR) is 119 cm³/mol. The third-order valence-electron chi connectivity index (χ3n) is 5.83. The van der Waals surface area contributed by atoms with Crippen LogP contribution < -0.4 is 5.32 Å². The van der Waals surface area contributed by atoms with Gasteiger partial charge >= 0.3 is 0 Å². The number of rotatable bonds is 7. The minimum absolute atomic E-state index is 0.0890. The zero-order valence-electron chi connectivity index (χ0n) is 17.6. The molecule has 2 aromatic heterocycles. The van der Waals surface area contributed by atoms with E-state index in [0.717, 1.165) is 42.6 Å². The van der Waals surface area contributed by atoms with Crippen molar-refractivity contribution in [2.45, 2.75) is 44.7 Å². The Kier molecular flexibility index (Phi) is 6.59. The van der Waals surface area contributed by atoms with Crippen LogP contribution in [0.3, 0.4) is 0 Å². The number of amides is 1. The largest absolute Gasteiger partial charge is 0.351 e. The van der Waals surface area contributed by atoms with Crippen LogP contribution in [0.2, 0.25) is 0 Å². The summed E-state index contributed by atoms with van der Waals surface area (Å²) < 4.78 is 2.06. The van der Waals surface area contributed by atoms with Crippen LogP contribution in [0, 0.1) is 6.92 Å². The van der Waals surface area contributed by atoms with Crippen molar-refractivity contribution in [3.05, 3.63) is 70.2 Å². The molecule has 1 aliphatic rings. The highest BCUT2D eigenvalue weighted by atomic mass is 32.1. The maximum absolute atomic E-state index is 12.8. The van der Waals surface area contributed by atoms with Crippen LogP contribution in [0.4, 0.5) is 0 Å². The van der Waals surface area contributed by atoms with Gasteiger partial charge in [0.05, 0.1) is 17.2 Å². The zero-order chi connectivity index (χ0) is 20.9. The number of benzene rings is 1. The zero-order valence-corrected chi connectivity index (χ0v) is 18.4. The van der Waals surface area contributed by atoms with Crippen LogP contribution in [-0.2, 0) is 24.8 Å². The van der Waals surface area contributed by atoms with E-state index in [2.05, 4.69) is 49.0 Å². The van der Waals surface area contributed by atoms with Crippen LogP contribution in [-0.4, -0.2) is 44.5 Å². The highest BCUT2D eigenvalue weighted by molar-refractivity contribution is 7.09. The number of imidazole rings is 1. The molecule has 7 heteroatoms. The average Bonchev–Trinajstić information content (AvgIpc) is 3.35. The highest BCUT2D eigenvalue weighted by Gasteiger charge is 2.31. The van der Waals surface area contributed by atoms with E-state index in [1.165, 1.54) is 5.56 Å². The summed E-state index contributed by atoms with van der Waals surface area (Å²) in [7, 11) is 2.03. The summed E-state index contributed by atoms with van der Waals surface area (Å²) in [5, 5.41) is 6.43. The van der Waals surface area contributed by atoms with Crippen LogP contribution in [0.5, 0.6) is 0 Å². The van der Waals surface area contributed by atoms with E-state index in [9.17, 15) is 4.79 Å². The smallest absolute Gasteiger partial charge is 0.220 e. The number of likely N-dealkylation sites (tertiary alicyclic amines) is 1. The van der Waals surface area contributed by atoms with Crippen molar-refractivity contribution >= 4 is 17.2 Å². The first kappa shape index (κ1) is 20.8. The number of hydrogen-bond acceptors (Lipinski definition) is 5. The number of carbonyl (C=O) groups excluding carboxylic acids is 1. The molecule has 0 unspecified atom stereocenters. The topological polar surface area (TPSA) is 63.1 Å². The third kappa shape index (κ3) is 5.15. The van der Waals surface area contributed by atoms with Crippen molar-refractivity contribution in [2.75, 3.05) is 13.1 Å². The second kappa shape index (κ2) is 9.53. The summed E-state index contributed by atoms with van der Waals surface area (Å²) in [4.78, 5) is 24.1. The molecule has 6 nitrogen and oxygen atoms in total. The molecule has 30 heavy (non-hydrogen) atoms. The highest BCUT2D eigenvalue weighted by Crippen LogP contribution is 2.29. The quantitative estimate of drug-likeness (QED) is 0.633. The lowest BCUT2D eigenvalue weighted by Crippen LogP contribution is -2.51. The maximum atomic E-state index is 12.8. The van der Waals surface area contributed by atoms with Gasteiger partial charge in [-0.05, 0) is 31.9 Å². The first-order valence-electron chi connectivity index (χ1n) is 10.5. The van der Waals surface area contributed by atoms with Crippen LogP contribution >= 0.6 is 11.3 Å². The summed E-state index contributed by atoms with van der Waals surface area (Å²) >= 11 is 1.64. The Labute approximate surface area is 182 Å². The first-order valence-corrected chi connectivity index (χ1v) is 11.4. The lowest BCUT2D eigenvalue weighted by Gasteiger charge is -2.39. The molecule has 3 heterocycles. The molecule has 0 spiro atoms. The molecule has 3 aromatic rings. The molecule has 1 saturated heterocycles. The van der Waals surface area contributed by atoms with Crippen LogP contribution in [0.25, 0.3) is 0 Å². The van der Waals surface area contributed by atoms with E-state index < -0.39 is 0 Å². The van der Waals surface area contributed by atoms with Gasteiger partial charge in [0, 0.05) is 49.7 Å². The van der Waals surface area contributed by atoms with E-state index in [0.29, 0.717) is 18.8 Å². The van der Waals surface area contributed by atoms with Gasteiger partial charge in [-0.1, -0.05) is 30.3 Å². The fourth-order valence-electron chi connectivity index (χ4n) is 4.20. The Morgan fingerprint density at radius 2 is 2.13 bits per heavy atom. The number of hydrogen-bond donors (Lipinski definition) is 1. The number of thiazole rings is 1. The molecule has 0 aliphatic carbocycles. The predicted octanol–water partition coefficient (Wildman–Crippen LogP) is 3.29. The van der Waals surface area contributed by atoms with Crippen LogP contribution in [0.1, 0.15) is 40.8 Å². The number of aryl methyl sites for hydroxylation is 3. The number of aromatic nitrogens is 3. The summed E-state index contributed by atoms with van der Waals surface area (Å²) in [6, 6.07) is 10.7. The van der Waals surface area contributed by atoms with Crippen molar-refractivity contribution < 1.29 is 4.79 Å². The molecular weight excluding hydrogens is 394 g/mol. The monoisotopic (exact) mass is 423 g/mol. The molecule has 158 valence electrons. The van der Waals surface area contributed by atoms with E-state index in [-0.39, 0.29) is 11.9 Å². The van der Waals surface area contributed by atoms with Gasteiger partial charge in [-0.15, -0.1) is 11.3 Å². The molecule has 1 N–H and O–H groups in total. The maximum Gasteiger partial charge on any atom is 0.220 e. The summed E-state index contributed by atoms with van der Waals surface area (Å²) in [6.07, 6.45) is 6.00. The molecule has 0 radical (unpaired) electrons. The minimum atomic E-state index is 0.0890. The molecule has 4 rings (SSSR count).